The Bertz CT molecular complexity index is 223. The zero-order chi connectivity index (χ0) is 11.4. The molecule has 0 N–H and O–H groups in total. The highest BCUT2D eigenvalue weighted by atomic mass is 79.9. The van der Waals surface area contributed by atoms with Crippen molar-refractivity contribution in [2.75, 3.05) is 20.2 Å². The van der Waals surface area contributed by atoms with Gasteiger partial charge in [-0.25, -0.2) is 0 Å². The molecule has 0 aromatic rings. The Morgan fingerprint density at radius 2 is 1.93 bits per heavy atom. The van der Waals surface area contributed by atoms with E-state index in [0.29, 0.717) is 6.61 Å². The summed E-state index contributed by atoms with van der Waals surface area (Å²) in [4.78, 5) is 24.0. The minimum atomic E-state index is -0.645. The monoisotopic (exact) mass is 265 g/mol. The molecule has 0 aliphatic carbocycles. The highest BCUT2D eigenvalue weighted by Gasteiger charge is 2.28. The molecule has 4 nitrogen and oxygen atoms in total. The Morgan fingerprint density at radius 1 is 1.43 bits per heavy atom. The Kier molecular flexibility index (Phi) is 5.12. The van der Waals surface area contributed by atoms with Crippen LogP contribution < -0.4 is 0 Å². The highest BCUT2D eigenvalue weighted by Crippen LogP contribution is 2.18. The Hall–Kier alpha value is -0.580. The van der Waals surface area contributed by atoms with Crippen molar-refractivity contribution in [3.63, 3.8) is 0 Å². The number of likely N-dealkylation sites (N-methyl/N-ethyl adjacent to an activating group) is 1. The van der Waals surface area contributed by atoms with Crippen molar-refractivity contribution in [3.05, 3.63) is 0 Å². The average Bonchev–Trinajstić information content (AvgIpc) is 2.01. The molecule has 5 heteroatoms. The number of rotatable bonds is 4. The summed E-state index contributed by atoms with van der Waals surface area (Å²) < 4.78 is 4.08. The van der Waals surface area contributed by atoms with Crippen molar-refractivity contribution in [2.24, 2.45) is 0 Å². The van der Waals surface area contributed by atoms with E-state index < -0.39 is 4.32 Å². The summed E-state index contributed by atoms with van der Waals surface area (Å²) in [7, 11) is 1.57. The molecule has 0 aliphatic heterocycles. The third-order valence-corrected chi connectivity index (χ3v) is 1.87. The molecule has 0 saturated heterocycles. The van der Waals surface area contributed by atoms with Gasteiger partial charge in [0, 0.05) is 7.05 Å². The van der Waals surface area contributed by atoms with Gasteiger partial charge in [-0.15, -0.1) is 0 Å². The number of ether oxygens (including phenoxy) is 1. The third-order valence-electron chi connectivity index (χ3n) is 1.53. The minimum Gasteiger partial charge on any atom is -0.465 e. The molecule has 0 atom stereocenters. The van der Waals surface area contributed by atoms with Crippen LogP contribution in [0.2, 0.25) is 0 Å². The molecule has 1 amide bonds. The Labute approximate surface area is 92.7 Å². The summed E-state index contributed by atoms with van der Waals surface area (Å²) in [6.07, 6.45) is 0. The fourth-order valence-electron chi connectivity index (χ4n) is 0.926. The van der Waals surface area contributed by atoms with Gasteiger partial charge in [0.2, 0.25) is 5.91 Å². The molecule has 0 radical (unpaired) electrons. The lowest BCUT2D eigenvalue weighted by molar-refractivity contribution is -0.148. The van der Waals surface area contributed by atoms with Crippen molar-refractivity contribution < 1.29 is 14.3 Å². The van der Waals surface area contributed by atoms with E-state index in [2.05, 4.69) is 15.9 Å². The van der Waals surface area contributed by atoms with Crippen LogP contribution >= 0.6 is 15.9 Å². The number of nitrogens with zero attached hydrogens (tertiary/aromatic N) is 1. The maximum Gasteiger partial charge on any atom is 0.325 e. The minimum absolute atomic E-state index is 0.0122. The number of alkyl halides is 1. The van der Waals surface area contributed by atoms with E-state index in [1.807, 2.05) is 0 Å². The summed E-state index contributed by atoms with van der Waals surface area (Å²) in [6, 6.07) is 0. The molecule has 0 saturated carbocycles. The van der Waals surface area contributed by atoms with E-state index >= 15 is 0 Å². The fourth-order valence-corrected chi connectivity index (χ4v) is 1.23. The fraction of sp³-hybridized carbons (Fsp3) is 0.778. The number of carbonyl (C=O) groups excluding carboxylic acids is 2. The molecular formula is C9H16BrNO3. The SMILES string of the molecule is CCOC(=O)CN(C)C(=O)C(C)(C)Br. The zero-order valence-corrected chi connectivity index (χ0v) is 10.6. The first-order valence-corrected chi connectivity index (χ1v) is 5.18. The van der Waals surface area contributed by atoms with Crippen molar-refractivity contribution in [1.29, 1.82) is 0 Å². The molecule has 14 heavy (non-hydrogen) atoms. The summed E-state index contributed by atoms with van der Waals surface area (Å²) in [5.41, 5.74) is 0. The van der Waals surface area contributed by atoms with Crippen LogP contribution in [0.25, 0.3) is 0 Å². The predicted octanol–water partition coefficient (Wildman–Crippen LogP) is 1.18. The van der Waals surface area contributed by atoms with Gasteiger partial charge in [-0.05, 0) is 20.8 Å². The summed E-state index contributed by atoms with van der Waals surface area (Å²) in [5.74, 6) is -0.536. The second kappa shape index (κ2) is 5.34. The van der Waals surface area contributed by atoms with Crippen LogP contribution in [0.1, 0.15) is 20.8 Å². The van der Waals surface area contributed by atoms with Gasteiger partial charge in [-0.1, -0.05) is 15.9 Å². The van der Waals surface area contributed by atoms with E-state index in [1.165, 1.54) is 4.90 Å². The lowest BCUT2D eigenvalue weighted by atomic mass is 10.2. The molecule has 0 aromatic heterocycles. The van der Waals surface area contributed by atoms with E-state index in [1.54, 1.807) is 27.8 Å². The average molecular weight is 266 g/mol. The third kappa shape index (κ3) is 4.60. The van der Waals surface area contributed by atoms with E-state index in [0.717, 1.165) is 0 Å². The molecule has 0 rings (SSSR count). The van der Waals surface area contributed by atoms with Crippen LogP contribution in [-0.4, -0.2) is 41.3 Å². The van der Waals surface area contributed by atoms with Gasteiger partial charge in [-0.2, -0.15) is 0 Å². The van der Waals surface area contributed by atoms with Crippen molar-refractivity contribution in [2.45, 2.75) is 25.1 Å². The van der Waals surface area contributed by atoms with Crippen LogP contribution in [0.15, 0.2) is 0 Å². The maximum atomic E-state index is 11.6. The second-order valence-electron chi connectivity index (χ2n) is 3.44. The number of hydrogen-bond donors (Lipinski definition) is 0. The smallest absolute Gasteiger partial charge is 0.325 e. The summed E-state index contributed by atoms with van der Waals surface area (Å²) in [6.45, 7) is 5.52. The first kappa shape index (κ1) is 13.4. The molecule has 0 heterocycles. The predicted molar refractivity (Wildman–Crippen MR) is 57.3 cm³/mol. The first-order valence-electron chi connectivity index (χ1n) is 4.39. The van der Waals surface area contributed by atoms with Crippen molar-refractivity contribution in [3.8, 4) is 0 Å². The lowest BCUT2D eigenvalue weighted by Crippen LogP contribution is -2.42. The summed E-state index contributed by atoms with van der Waals surface area (Å²) >= 11 is 3.23. The quantitative estimate of drug-likeness (QED) is 0.567. The molecule has 0 spiro atoms. The standard InChI is InChI=1S/C9H16BrNO3/c1-5-14-7(12)6-11(4)8(13)9(2,3)10/h5-6H2,1-4H3. The van der Waals surface area contributed by atoms with Crippen LogP contribution in [0.5, 0.6) is 0 Å². The van der Waals surface area contributed by atoms with Gasteiger partial charge in [0.05, 0.1) is 10.9 Å². The largest absolute Gasteiger partial charge is 0.465 e. The molecule has 82 valence electrons. The molecule has 0 fully saturated rings. The number of halogens is 1. The molecule has 0 aromatic carbocycles. The number of amides is 1. The van der Waals surface area contributed by atoms with E-state index in [-0.39, 0.29) is 18.4 Å². The number of esters is 1. The number of carbonyl (C=O) groups is 2. The molecular weight excluding hydrogens is 250 g/mol. The number of hydrogen-bond acceptors (Lipinski definition) is 3. The van der Waals surface area contributed by atoms with Crippen LogP contribution in [-0.2, 0) is 14.3 Å². The topological polar surface area (TPSA) is 46.6 Å². The van der Waals surface area contributed by atoms with E-state index in [9.17, 15) is 9.59 Å². The van der Waals surface area contributed by atoms with Crippen molar-refractivity contribution in [1.82, 2.24) is 4.90 Å². The highest BCUT2D eigenvalue weighted by molar-refractivity contribution is 9.10. The van der Waals surface area contributed by atoms with E-state index in [4.69, 9.17) is 4.74 Å². The second-order valence-corrected chi connectivity index (χ2v) is 5.42. The molecule has 0 bridgehead atoms. The maximum absolute atomic E-state index is 11.6. The summed E-state index contributed by atoms with van der Waals surface area (Å²) in [5, 5.41) is 0. The van der Waals surface area contributed by atoms with Gasteiger partial charge < -0.3 is 9.64 Å². The Balaban J connectivity index is 4.15. The lowest BCUT2D eigenvalue weighted by Gasteiger charge is -2.23. The molecule has 0 unspecified atom stereocenters. The van der Waals surface area contributed by atoms with Gasteiger partial charge in [0.25, 0.3) is 0 Å². The zero-order valence-electron chi connectivity index (χ0n) is 8.96. The Morgan fingerprint density at radius 3 is 2.29 bits per heavy atom. The van der Waals surface area contributed by atoms with Crippen LogP contribution in [0.3, 0.4) is 0 Å². The van der Waals surface area contributed by atoms with Crippen LogP contribution in [0.4, 0.5) is 0 Å². The molecule has 0 aliphatic rings. The van der Waals surface area contributed by atoms with Gasteiger partial charge in [0.1, 0.15) is 6.54 Å². The van der Waals surface area contributed by atoms with Gasteiger partial charge in [0.15, 0.2) is 0 Å². The van der Waals surface area contributed by atoms with Gasteiger partial charge >= 0.3 is 5.97 Å². The van der Waals surface area contributed by atoms with Gasteiger partial charge in [-0.3, -0.25) is 9.59 Å². The normalized spacial score (nSPS) is 10.9. The van der Waals surface area contributed by atoms with Crippen molar-refractivity contribution >= 4 is 27.8 Å². The van der Waals surface area contributed by atoms with Crippen LogP contribution in [0, 0.1) is 0 Å². The first-order chi connectivity index (χ1) is 6.29.